The predicted octanol–water partition coefficient (Wildman–Crippen LogP) is 2.31. The maximum Gasteiger partial charge on any atom is 0.0892 e. The second-order valence-electron chi connectivity index (χ2n) is 5.00. The van der Waals surface area contributed by atoms with Gasteiger partial charge in [0.25, 0.3) is 0 Å². The fourth-order valence-corrected chi connectivity index (χ4v) is 2.87. The summed E-state index contributed by atoms with van der Waals surface area (Å²) in [4.78, 5) is 4.14. The lowest BCUT2D eigenvalue weighted by Gasteiger charge is -2.15. The normalized spacial score (nSPS) is 18.9. The van der Waals surface area contributed by atoms with Gasteiger partial charge in [-0.2, -0.15) is 5.10 Å². The number of aromatic nitrogens is 3. The molecule has 1 aliphatic carbocycles. The Labute approximate surface area is 101 Å². The van der Waals surface area contributed by atoms with Crippen molar-refractivity contribution >= 4 is 5.52 Å². The third-order valence-corrected chi connectivity index (χ3v) is 3.82. The van der Waals surface area contributed by atoms with Crippen molar-refractivity contribution in [3.8, 4) is 0 Å². The lowest BCUT2D eigenvalue weighted by Crippen LogP contribution is -2.14. The molecule has 0 amide bonds. The van der Waals surface area contributed by atoms with E-state index in [9.17, 15) is 0 Å². The van der Waals surface area contributed by atoms with Gasteiger partial charge >= 0.3 is 0 Å². The summed E-state index contributed by atoms with van der Waals surface area (Å²) in [5, 5.41) is 4.31. The molecule has 0 bridgehead atoms. The van der Waals surface area contributed by atoms with Crippen LogP contribution < -0.4 is 5.73 Å². The molecular formula is C13H18N4. The monoisotopic (exact) mass is 230 g/mol. The first-order valence-corrected chi connectivity index (χ1v) is 6.37. The Balaban J connectivity index is 1.82. The minimum Gasteiger partial charge on any atom is -0.324 e. The van der Waals surface area contributed by atoms with Gasteiger partial charge in [-0.1, -0.05) is 25.7 Å². The Morgan fingerprint density at radius 1 is 1.35 bits per heavy atom. The summed E-state index contributed by atoms with van der Waals surface area (Å²) < 4.78 is 1.84. The minimum atomic E-state index is 0.0970. The zero-order chi connectivity index (χ0) is 11.7. The number of nitrogens with zero attached hydrogens (tertiary/aromatic N) is 3. The summed E-state index contributed by atoms with van der Waals surface area (Å²) in [6, 6.07) is 0.0970. The number of hydrogen-bond donors (Lipinski definition) is 1. The van der Waals surface area contributed by atoms with Crippen LogP contribution in [0, 0.1) is 5.92 Å². The van der Waals surface area contributed by atoms with E-state index in [0.717, 1.165) is 23.4 Å². The van der Waals surface area contributed by atoms with Gasteiger partial charge in [0.05, 0.1) is 17.9 Å². The van der Waals surface area contributed by atoms with Gasteiger partial charge in [0.2, 0.25) is 0 Å². The quantitative estimate of drug-likeness (QED) is 0.880. The highest BCUT2D eigenvalue weighted by molar-refractivity contribution is 5.53. The fraction of sp³-hybridized carbons (Fsp3) is 0.538. The van der Waals surface area contributed by atoms with Crippen LogP contribution in [0.15, 0.2) is 24.8 Å². The van der Waals surface area contributed by atoms with Crippen LogP contribution in [-0.2, 0) is 0 Å². The summed E-state index contributed by atoms with van der Waals surface area (Å²) in [6.45, 7) is 0. The molecule has 0 saturated heterocycles. The van der Waals surface area contributed by atoms with Crippen LogP contribution in [0.4, 0.5) is 0 Å². The van der Waals surface area contributed by atoms with Crippen molar-refractivity contribution in [3.63, 3.8) is 0 Å². The van der Waals surface area contributed by atoms with Crippen LogP contribution in [0.5, 0.6) is 0 Å². The molecule has 4 heteroatoms. The smallest absolute Gasteiger partial charge is 0.0892 e. The summed E-state index contributed by atoms with van der Waals surface area (Å²) in [7, 11) is 0. The van der Waals surface area contributed by atoms with Crippen LogP contribution in [0.2, 0.25) is 0 Å². The van der Waals surface area contributed by atoms with Crippen LogP contribution in [0.3, 0.4) is 0 Å². The van der Waals surface area contributed by atoms with Gasteiger partial charge in [-0.3, -0.25) is 4.98 Å². The highest BCUT2D eigenvalue weighted by Crippen LogP contribution is 2.32. The molecule has 0 radical (unpaired) electrons. The zero-order valence-electron chi connectivity index (χ0n) is 9.92. The van der Waals surface area contributed by atoms with E-state index < -0.39 is 0 Å². The maximum atomic E-state index is 6.30. The van der Waals surface area contributed by atoms with Gasteiger partial charge in [0.1, 0.15) is 0 Å². The first-order chi connectivity index (χ1) is 8.34. The molecule has 0 aromatic carbocycles. The number of fused-ring (bicyclic) bond motifs is 1. The average molecular weight is 230 g/mol. The van der Waals surface area contributed by atoms with Crippen LogP contribution >= 0.6 is 0 Å². The molecule has 2 N–H and O–H groups in total. The van der Waals surface area contributed by atoms with Crippen LogP contribution in [0.1, 0.15) is 43.7 Å². The van der Waals surface area contributed by atoms with Crippen molar-refractivity contribution in [2.24, 2.45) is 11.7 Å². The first-order valence-electron chi connectivity index (χ1n) is 6.37. The maximum absolute atomic E-state index is 6.30. The molecule has 1 aliphatic rings. The predicted molar refractivity (Wildman–Crippen MR) is 66.5 cm³/mol. The summed E-state index contributed by atoms with van der Waals surface area (Å²) in [6.07, 6.45) is 13.8. The second kappa shape index (κ2) is 4.45. The van der Waals surface area contributed by atoms with Crippen LogP contribution in [0.25, 0.3) is 5.52 Å². The molecule has 3 rings (SSSR count). The van der Waals surface area contributed by atoms with Gasteiger partial charge in [-0.25, -0.2) is 4.52 Å². The highest BCUT2D eigenvalue weighted by Gasteiger charge is 2.20. The van der Waals surface area contributed by atoms with Gasteiger partial charge in [-0.05, 0) is 12.3 Å². The van der Waals surface area contributed by atoms with E-state index in [4.69, 9.17) is 5.73 Å². The van der Waals surface area contributed by atoms with E-state index in [2.05, 4.69) is 10.1 Å². The molecule has 1 fully saturated rings. The second-order valence-corrected chi connectivity index (χ2v) is 5.00. The fourth-order valence-electron chi connectivity index (χ4n) is 2.87. The Hall–Kier alpha value is -1.42. The standard InChI is InChI=1S/C13H18N4/c14-12(7-10-3-1-2-4-10)11-8-16-17-6-5-15-9-13(11)17/h5-6,8-10,12H,1-4,7,14H2. The van der Waals surface area contributed by atoms with E-state index in [1.807, 2.05) is 23.1 Å². The SMILES string of the molecule is NC(CC1CCCC1)c1cnn2ccncc12. The largest absolute Gasteiger partial charge is 0.324 e. The molecular weight excluding hydrogens is 212 g/mol. The molecule has 4 nitrogen and oxygen atoms in total. The van der Waals surface area contributed by atoms with Crippen molar-refractivity contribution in [2.45, 2.75) is 38.1 Å². The summed E-state index contributed by atoms with van der Waals surface area (Å²) >= 11 is 0. The van der Waals surface area contributed by atoms with Gasteiger partial charge in [0, 0.05) is 24.0 Å². The molecule has 1 saturated carbocycles. The van der Waals surface area contributed by atoms with Gasteiger partial charge < -0.3 is 5.73 Å². The summed E-state index contributed by atoms with van der Waals surface area (Å²) in [5.41, 5.74) is 8.47. The Bertz CT molecular complexity index is 499. The summed E-state index contributed by atoms with van der Waals surface area (Å²) in [5.74, 6) is 0.802. The molecule has 17 heavy (non-hydrogen) atoms. The lowest BCUT2D eigenvalue weighted by atomic mass is 9.95. The van der Waals surface area contributed by atoms with E-state index >= 15 is 0 Å². The van der Waals surface area contributed by atoms with E-state index in [1.165, 1.54) is 25.7 Å². The van der Waals surface area contributed by atoms with Crippen LogP contribution in [-0.4, -0.2) is 14.6 Å². The van der Waals surface area contributed by atoms with E-state index in [1.54, 1.807) is 6.20 Å². The third kappa shape index (κ3) is 2.05. The van der Waals surface area contributed by atoms with E-state index in [0.29, 0.717) is 0 Å². The highest BCUT2D eigenvalue weighted by atomic mass is 15.2. The van der Waals surface area contributed by atoms with Crippen molar-refractivity contribution in [3.05, 3.63) is 30.4 Å². The Kier molecular flexibility index (Phi) is 2.81. The molecule has 2 aromatic rings. The number of nitrogens with two attached hydrogens (primary N) is 1. The van der Waals surface area contributed by atoms with Gasteiger partial charge in [0.15, 0.2) is 0 Å². The Morgan fingerprint density at radius 3 is 3.00 bits per heavy atom. The number of rotatable bonds is 3. The van der Waals surface area contributed by atoms with Crippen molar-refractivity contribution in [1.29, 1.82) is 0 Å². The van der Waals surface area contributed by atoms with Gasteiger partial charge in [-0.15, -0.1) is 0 Å². The molecule has 2 aromatic heterocycles. The van der Waals surface area contributed by atoms with Crippen molar-refractivity contribution in [2.75, 3.05) is 0 Å². The molecule has 90 valence electrons. The molecule has 0 aliphatic heterocycles. The topological polar surface area (TPSA) is 56.2 Å². The average Bonchev–Trinajstić information content (AvgIpc) is 2.96. The van der Waals surface area contributed by atoms with Crippen molar-refractivity contribution in [1.82, 2.24) is 14.6 Å². The molecule has 1 atom stereocenters. The lowest BCUT2D eigenvalue weighted by molar-refractivity contribution is 0.452. The van der Waals surface area contributed by atoms with E-state index in [-0.39, 0.29) is 6.04 Å². The first kappa shape index (κ1) is 10.7. The van der Waals surface area contributed by atoms with Crippen molar-refractivity contribution < 1.29 is 0 Å². The number of hydrogen-bond acceptors (Lipinski definition) is 3. The minimum absolute atomic E-state index is 0.0970. The molecule has 1 unspecified atom stereocenters. The third-order valence-electron chi connectivity index (χ3n) is 3.82. The molecule has 2 heterocycles. The Morgan fingerprint density at radius 2 is 2.18 bits per heavy atom. The molecule has 0 spiro atoms. The zero-order valence-corrected chi connectivity index (χ0v) is 9.92.